The number of fused-ring (bicyclic) bond motifs is 2. The van der Waals surface area contributed by atoms with Crippen LogP contribution in [-0.2, 0) is 19.4 Å². The van der Waals surface area contributed by atoms with Crippen LogP contribution in [0.3, 0.4) is 0 Å². The molecule has 1 saturated heterocycles. The fourth-order valence-electron chi connectivity index (χ4n) is 4.59. The molecule has 3 aromatic rings. The molecule has 28 heavy (non-hydrogen) atoms. The lowest BCUT2D eigenvalue weighted by atomic mass is 9.97. The Morgan fingerprint density at radius 3 is 2.71 bits per heavy atom. The van der Waals surface area contributed by atoms with Crippen molar-refractivity contribution in [2.24, 2.45) is 0 Å². The lowest BCUT2D eigenvalue weighted by Gasteiger charge is -2.27. The molecule has 6 nitrogen and oxygen atoms in total. The lowest BCUT2D eigenvalue weighted by Crippen LogP contribution is -2.38. The van der Waals surface area contributed by atoms with E-state index in [1.54, 1.807) is 4.68 Å². The Morgan fingerprint density at radius 2 is 1.86 bits per heavy atom. The summed E-state index contributed by atoms with van der Waals surface area (Å²) >= 11 is 0. The van der Waals surface area contributed by atoms with Crippen LogP contribution in [0.1, 0.15) is 42.6 Å². The highest BCUT2D eigenvalue weighted by atomic mass is 16.1. The third kappa shape index (κ3) is 3.07. The monoisotopic (exact) mass is 375 g/mol. The molecule has 1 aliphatic heterocycles. The van der Waals surface area contributed by atoms with Gasteiger partial charge in [0.15, 0.2) is 5.82 Å². The van der Waals surface area contributed by atoms with E-state index in [4.69, 9.17) is 15.1 Å². The van der Waals surface area contributed by atoms with Crippen molar-refractivity contribution >= 4 is 16.9 Å². The molecule has 2 aromatic heterocycles. The fraction of sp³-hybridized carbons (Fsp3) is 0.455. The molecule has 144 valence electrons. The average Bonchev–Trinajstić information content (AvgIpc) is 3.16. The van der Waals surface area contributed by atoms with Gasteiger partial charge in [0, 0.05) is 12.6 Å². The van der Waals surface area contributed by atoms with Crippen LogP contribution in [0.4, 0.5) is 5.82 Å². The van der Waals surface area contributed by atoms with Crippen molar-refractivity contribution in [1.29, 1.82) is 0 Å². The minimum Gasteiger partial charge on any atom is -0.350 e. The standard InChI is InChI=1S/C22H25N5O/c1-15-22(24-20-11-5-4-10-19(20)23-15)26-12-6-8-17(26)14-27-21(28)13-16-7-2-3-9-18(16)25-27/h4-5,10-11,13,17H,2-3,6-9,12,14H2,1H3. The summed E-state index contributed by atoms with van der Waals surface area (Å²) in [6.45, 7) is 3.58. The number of anilines is 1. The SMILES string of the molecule is Cc1nc2ccccc2nc1N1CCCC1Cn1nc2c(cc1=O)CCCC2. The first kappa shape index (κ1) is 17.3. The molecule has 1 unspecified atom stereocenters. The number of nitrogens with zero attached hydrogens (tertiary/aromatic N) is 5. The molecule has 6 heteroatoms. The maximum Gasteiger partial charge on any atom is 0.267 e. The minimum absolute atomic E-state index is 0.0221. The molecular formula is C22H25N5O. The number of rotatable bonds is 3. The van der Waals surface area contributed by atoms with Gasteiger partial charge in [-0.05, 0) is 63.1 Å². The van der Waals surface area contributed by atoms with E-state index in [0.717, 1.165) is 72.5 Å². The van der Waals surface area contributed by atoms with Gasteiger partial charge in [0.05, 0.1) is 35.0 Å². The van der Waals surface area contributed by atoms with Gasteiger partial charge in [-0.1, -0.05) is 12.1 Å². The Morgan fingerprint density at radius 1 is 1.07 bits per heavy atom. The zero-order valence-corrected chi connectivity index (χ0v) is 16.3. The molecule has 2 aliphatic rings. The second-order valence-corrected chi connectivity index (χ2v) is 7.95. The van der Waals surface area contributed by atoms with Gasteiger partial charge in [-0.2, -0.15) is 5.10 Å². The average molecular weight is 375 g/mol. The Kier molecular flexibility index (Phi) is 4.34. The van der Waals surface area contributed by atoms with Crippen LogP contribution in [0.25, 0.3) is 11.0 Å². The van der Waals surface area contributed by atoms with Gasteiger partial charge in [0.2, 0.25) is 0 Å². The summed E-state index contributed by atoms with van der Waals surface area (Å²) in [7, 11) is 0. The van der Waals surface area contributed by atoms with Gasteiger partial charge < -0.3 is 4.90 Å². The van der Waals surface area contributed by atoms with Crippen molar-refractivity contribution in [2.75, 3.05) is 11.4 Å². The van der Waals surface area contributed by atoms with Crippen LogP contribution in [0, 0.1) is 6.92 Å². The molecular weight excluding hydrogens is 350 g/mol. The van der Waals surface area contributed by atoms with E-state index in [0.29, 0.717) is 6.54 Å². The van der Waals surface area contributed by atoms with Crippen molar-refractivity contribution in [3.63, 3.8) is 0 Å². The van der Waals surface area contributed by atoms with Gasteiger partial charge >= 0.3 is 0 Å². The normalized spacial score (nSPS) is 19.2. The molecule has 1 fully saturated rings. The first-order chi connectivity index (χ1) is 13.7. The number of aryl methyl sites for hydroxylation is 3. The second-order valence-electron chi connectivity index (χ2n) is 7.95. The Labute approximate surface area is 164 Å². The molecule has 0 saturated carbocycles. The smallest absolute Gasteiger partial charge is 0.267 e. The van der Waals surface area contributed by atoms with Crippen molar-refractivity contribution in [2.45, 2.75) is 58.0 Å². The zero-order valence-electron chi connectivity index (χ0n) is 16.3. The Bertz CT molecular complexity index is 1090. The predicted molar refractivity (Wildman–Crippen MR) is 110 cm³/mol. The van der Waals surface area contributed by atoms with E-state index in [-0.39, 0.29) is 11.6 Å². The van der Waals surface area contributed by atoms with E-state index in [1.807, 2.05) is 37.3 Å². The van der Waals surface area contributed by atoms with E-state index >= 15 is 0 Å². The maximum absolute atomic E-state index is 12.6. The van der Waals surface area contributed by atoms with E-state index in [2.05, 4.69) is 4.90 Å². The number of benzene rings is 1. The van der Waals surface area contributed by atoms with Crippen LogP contribution in [0.5, 0.6) is 0 Å². The summed E-state index contributed by atoms with van der Waals surface area (Å²) < 4.78 is 1.68. The van der Waals surface area contributed by atoms with Crippen LogP contribution < -0.4 is 10.5 Å². The number of para-hydroxylation sites is 2. The van der Waals surface area contributed by atoms with Crippen molar-refractivity contribution in [1.82, 2.24) is 19.7 Å². The highest BCUT2D eigenvalue weighted by Crippen LogP contribution is 2.28. The number of hydrogen-bond donors (Lipinski definition) is 0. The zero-order chi connectivity index (χ0) is 19.1. The van der Waals surface area contributed by atoms with Crippen molar-refractivity contribution < 1.29 is 0 Å². The van der Waals surface area contributed by atoms with Crippen LogP contribution in [0.15, 0.2) is 35.1 Å². The largest absolute Gasteiger partial charge is 0.350 e. The first-order valence-electron chi connectivity index (χ1n) is 10.3. The summed E-state index contributed by atoms with van der Waals surface area (Å²) in [5.74, 6) is 0.937. The van der Waals surface area contributed by atoms with Gasteiger partial charge in [0.1, 0.15) is 0 Å². The van der Waals surface area contributed by atoms with Crippen molar-refractivity contribution in [3.8, 4) is 0 Å². The van der Waals surface area contributed by atoms with Crippen LogP contribution >= 0.6 is 0 Å². The van der Waals surface area contributed by atoms with Crippen LogP contribution in [0.2, 0.25) is 0 Å². The Balaban J connectivity index is 1.47. The molecule has 0 N–H and O–H groups in total. The first-order valence-corrected chi connectivity index (χ1v) is 10.3. The molecule has 1 atom stereocenters. The summed E-state index contributed by atoms with van der Waals surface area (Å²) in [6.07, 6.45) is 6.44. The summed E-state index contributed by atoms with van der Waals surface area (Å²) in [6, 6.07) is 10.0. The lowest BCUT2D eigenvalue weighted by molar-refractivity contribution is 0.472. The third-order valence-corrected chi connectivity index (χ3v) is 6.03. The van der Waals surface area contributed by atoms with E-state index in [9.17, 15) is 4.79 Å². The molecule has 1 aliphatic carbocycles. The number of aromatic nitrogens is 4. The molecule has 0 spiro atoms. The van der Waals surface area contributed by atoms with Gasteiger partial charge in [0.25, 0.3) is 5.56 Å². The highest BCUT2D eigenvalue weighted by Gasteiger charge is 2.29. The fourth-order valence-corrected chi connectivity index (χ4v) is 4.59. The third-order valence-electron chi connectivity index (χ3n) is 6.03. The van der Waals surface area contributed by atoms with Gasteiger partial charge in [-0.3, -0.25) is 4.79 Å². The van der Waals surface area contributed by atoms with Gasteiger partial charge in [-0.25, -0.2) is 14.6 Å². The maximum atomic E-state index is 12.6. The number of hydrogen-bond acceptors (Lipinski definition) is 5. The highest BCUT2D eigenvalue weighted by molar-refractivity contribution is 5.76. The molecule has 0 bridgehead atoms. The molecule has 0 amide bonds. The Hall–Kier alpha value is -2.76. The van der Waals surface area contributed by atoms with Gasteiger partial charge in [-0.15, -0.1) is 0 Å². The summed E-state index contributed by atoms with van der Waals surface area (Å²) in [5.41, 5.74) is 5.05. The summed E-state index contributed by atoms with van der Waals surface area (Å²) in [5, 5.41) is 4.72. The van der Waals surface area contributed by atoms with Crippen LogP contribution in [-0.4, -0.2) is 32.3 Å². The predicted octanol–water partition coefficient (Wildman–Crippen LogP) is 3.04. The summed E-state index contributed by atoms with van der Waals surface area (Å²) in [4.78, 5) is 24.6. The topological polar surface area (TPSA) is 63.9 Å². The second kappa shape index (κ2) is 7.00. The molecule has 1 aromatic carbocycles. The molecule has 5 rings (SSSR count). The minimum atomic E-state index is 0.0221. The molecule has 3 heterocycles. The van der Waals surface area contributed by atoms with E-state index in [1.165, 1.54) is 6.42 Å². The quantitative estimate of drug-likeness (QED) is 0.704. The van der Waals surface area contributed by atoms with E-state index < -0.39 is 0 Å². The molecule has 0 radical (unpaired) electrons. The van der Waals surface area contributed by atoms with Crippen molar-refractivity contribution in [3.05, 3.63) is 57.6 Å².